The minimum Gasteiger partial charge on any atom is -0.379 e. The van der Waals surface area contributed by atoms with Gasteiger partial charge in [0.1, 0.15) is 0 Å². The molecule has 2 aromatic rings. The Hall–Kier alpha value is -2.49. The van der Waals surface area contributed by atoms with Gasteiger partial charge in [0.25, 0.3) is 5.69 Å². The van der Waals surface area contributed by atoms with E-state index >= 15 is 0 Å². The van der Waals surface area contributed by atoms with Crippen molar-refractivity contribution in [3.63, 3.8) is 0 Å². The number of hydrogen-bond donors (Lipinski definition) is 2. The van der Waals surface area contributed by atoms with Crippen molar-refractivity contribution in [2.45, 2.75) is 0 Å². The van der Waals surface area contributed by atoms with Gasteiger partial charge in [0, 0.05) is 49.8 Å². The van der Waals surface area contributed by atoms with Crippen molar-refractivity contribution in [2.75, 3.05) is 57.5 Å². The maximum absolute atomic E-state index is 11.7. The molecule has 4 rings (SSSR count). The zero-order valence-corrected chi connectivity index (χ0v) is 14.4. The number of aromatic amines is 1. The minimum atomic E-state index is -0.473. The van der Waals surface area contributed by atoms with Crippen LogP contribution in [0.5, 0.6) is 0 Å². The number of nitro groups is 1. The number of rotatable bonds is 2. The monoisotopic (exact) mass is 362 g/mol. The van der Waals surface area contributed by atoms with E-state index in [2.05, 4.69) is 15.2 Å². The topological polar surface area (TPSA) is 110 Å². The molecule has 2 fully saturated rings. The largest absolute Gasteiger partial charge is 0.379 e. The predicted molar refractivity (Wildman–Crippen MR) is 97.9 cm³/mol. The van der Waals surface area contributed by atoms with Crippen molar-refractivity contribution in [2.24, 2.45) is 0 Å². The summed E-state index contributed by atoms with van der Waals surface area (Å²) in [6.07, 6.45) is 0. The first-order chi connectivity index (χ1) is 12.6. The summed E-state index contributed by atoms with van der Waals surface area (Å²) >= 11 is 0. The molecule has 0 aliphatic carbocycles. The van der Waals surface area contributed by atoms with Gasteiger partial charge in [0.2, 0.25) is 5.56 Å². The number of pyridine rings is 1. The summed E-state index contributed by atoms with van der Waals surface area (Å²) in [5.41, 5.74) is 0.974. The van der Waals surface area contributed by atoms with Gasteiger partial charge < -0.3 is 24.7 Å². The maximum Gasteiger partial charge on any atom is 0.271 e. The third kappa shape index (κ3) is 4.57. The van der Waals surface area contributed by atoms with E-state index in [1.807, 2.05) is 0 Å². The van der Waals surface area contributed by atoms with Crippen molar-refractivity contribution in [3.05, 3.63) is 44.7 Å². The number of morpholine rings is 2. The summed E-state index contributed by atoms with van der Waals surface area (Å²) in [6, 6.07) is 6.04. The van der Waals surface area contributed by atoms with Crippen LogP contribution in [0.25, 0.3) is 10.9 Å². The van der Waals surface area contributed by atoms with E-state index in [4.69, 9.17) is 9.47 Å². The van der Waals surface area contributed by atoms with Gasteiger partial charge in [-0.25, -0.2) is 0 Å². The van der Waals surface area contributed by atoms with Crippen LogP contribution in [-0.4, -0.2) is 62.5 Å². The van der Waals surface area contributed by atoms with Gasteiger partial charge in [-0.2, -0.15) is 0 Å². The third-order valence-electron chi connectivity index (χ3n) is 4.21. The van der Waals surface area contributed by atoms with Gasteiger partial charge in [0.15, 0.2) is 0 Å². The van der Waals surface area contributed by atoms with E-state index < -0.39 is 4.92 Å². The number of nitrogens with zero attached hydrogens (tertiary/aromatic N) is 2. The zero-order valence-electron chi connectivity index (χ0n) is 14.4. The van der Waals surface area contributed by atoms with Gasteiger partial charge in [-0.15, -0.1) is 0 Å². The zero-order chi connectivity index (χ0) is 18.4. The number of fused-ring (bicyclic) bond motifs is 1. The number of hydrogen-bond acceptors (Lipinski definition) is 7. The highest BCUT2D eigenvalue weighted by Crippen LogP contribution is 2.27. The number of aromatic nitrogens is 1. The molecule has 0 atom stereocenters. The molecule has 0 spiro atoms. The van der Waals surface area contributed by atoms with E-state index in [1.165, 1.54) is 18.2 Å². The van der Waals surface area contributed by atoms with E-state index in [9.17, 15) is 14.9 Å². The second kappa shape index (κ2) is 8.75. The molecule has 2 aliphatic rings. The summed E-state index contributed by atoms with van der Waals surface area (Å²) in [7, 11) is 0. The first-order valence-electron chi connectivity index (χ1n) is 8.58. The molecule has 1 aromatic carbocycles. The van der Waals surface area contributed by atoms with Gasteiger partial charge in [-0.1, -0.05) is 0 Å². The van der Waals surface area contributed by atoms with Gasteiger partial charge in [-0.3, -0.25) is 14.9 Å². The molecule has 140 valence electrons. The van der Waals surface area contributed by atoms with E-state index in [1.54, 1.807) is 6.07 Å². The molecular weight excluding hydrogens is 340 g/mol. The summed E-state index contributed by atoms with van der Waals surface area (Å²) in [4.78, 5) is 26.8. The van der Waals surface area contributed by atoms with Crippen LogP contribution in [0.1, 0.15) is 0 Å². The summed E-state index contributed by atoms with van der Waals surface area (Å²) in [5, 5.41) is 14.8. The highest BCUT2D eigenvalue weighted by Gasteiger charge is 2.16. The molecular formula is C17H22N4O5. The number of nitro benzene ring substituents is 1. The quantitative estimate of drug-likeness (QED) is 0.603. The van der Waals surface area contributed by atoms with Crippen LogP contribution < -0.4 is 15.8 Å². The van der Waals surface area contributed by atoms with Gasteiger partial charge >= 0.3 is 0 Å². The summed E-state index contributed by atoms with van der Waals surface area (Å²) in [5.74, 6) is 0. The van der Waals surface area contributed by atoms with Crippen LogP contribution >= 0.6 is 0 Å². The first-order valence-corrected chi connectivity index (χ1v) is 8.58. The highest BCUT2D eigenvalue weighted by atomic mass is 16.6. The Labute approximate surface area is 150 Å². The molecule has 26 heavy (non-hydrogen) atoms. The lowest BCUT2D eigenvalue weighted by Gasteiger charge is -2.29. The van der Waals surface area contributed by atoms with Crippen molar-refractivity contribution >= 4 is 22.3 Å². The Balaban J connectivity index is 0.000000278. The number of non-ortho nitro benzene ring substituents is 1. The van der Waals surface area contributed by atoms with Crippen molar-refractivity contribution in [3.8, 4) is 0 Å². The van der Waals surface area contributed by atoms with Crippen molar-refractivity contribution < 1.29 is 14.4 Å². The second-order valence-electron chi connectivity index (χ2n) is 5.97. The summed E-state index contributed by atoms with van der Waals surface area (Å²) in [6.45, 7) is 6.47. The maximum atomic E-state index is 11.7. The molecule has 1 aromatic heterocycles. The normalized spacial score (nSPS) is 17.5. The molecule has 2 aliphatic heterocycles. The number of ether oxygens (including phenoxy) is 2. The summed E-state index contributed by atoms with van der Waals surface area (Å²) < 4.78 is 10.3. The Morgan fingerprint density at radius 3 is 2.31 bits per heavy atom. The van der Waals surface area contributed by atoms with Crippen LogP contribution in [-0.2, 0) is 9.47 Å². The average Bonchev–Trinajstić information content (AvgIpc) is 2.69. The second-order valence-corrected chi connectivity index (χ2v) is 5.97. The van der Waals surface area contributed by atoms with Crippen molar-refractivity contribution in [1.82, 2.24) is 10.3 Å². The average molecular weight is 362 g/mol. The van der Waals surface area contributed by atoms with E-state index in [-0.39, 0.29) is 11.2 Å². The van der Waals surface area contributed by atoms with E-state index in [0.29, 0.717) is 31.8 Å². The fourth-order valence-corrected chi connectivity index (χ4v) is 2.92. The molecule has 0 bridgehead atoms. The molecule has 9 heteroatoms. The van der Waals surface area contributed by atoms with Crippen LogP contribution in [0.2, 0.25) is 0 Å². The molecule has 0 radical (unpaired) electrons. The molecule has 0 saturated carbocycles. The predicted octanol–water partition coefficient (Wildman–Crippen LogP) is 0.879. The molecule has 3 heterocycles. The van der Waals surface area contributed by atoms with Crippen molar-refractivity contribution in [1.29, 1.82) is 0 Å². The lowest BCUT2D eigenvalue weighted by Crippen LogP contribution is -2.36. The Bertz CT molecular complexity index is 801. The highest BCUT2D eigenvalue weighted by molar-refractivity contribution is 5.92. The molecule has 9 nitrogen and oxygen atoms in total. The lowest BCUT2D eigenvalue weighted by atomic mass is 10.1. The third-order valence-corrected chi connectivity index (χ3v) is 4.21. The fourth-order valence-electron chi connectivity index (χ4n) is 2.92. The number of anilines is 1. The first kappa shape index (κ1) is 18.3. The number of H-pyrrole nitrogens is 1. The number of nitrogens with one attached hydrogen (secondary N) is 2. The Morgan fingerprint density at radius 1 is 1.04 bits per heavy atom. The number of benzene rings is 1. The standard InChI is InChI=1S/C13H13N3O4.C4H9NO/c17-13-8-12(15-3-5-20-6-4-15)10-2-1-9(16(18)19)7-11(10)14-13;1-3-6-4-2-5-1/h1-2,7-8H,3-6H2,(H,14,17);5H,1-4H2. The van der Waals surface area contributed by atoms with Gasteiger partial charge in [0.05, 0.1) is 42.6 Å². The minimum absolute atomic E-state index is 0.0349. The van der Waals surface area contributed by atoms with Gasteiger partial charge in [-0.05, 0) is 6.07 Å². The van der Waals surface area contributed by atoms with E-state index in [0.717, 1.165) is 37.4 Å². The van der Waals surface area contributed by atoms with Crippen LogP contribution in [0.3, 0.4) is 0 Å². The molecule has 0 unspecified atom stereocenters. The Morgan fingerprint density at radius 2 is 1.73 bits per heavy atom. The smallest absolute Gasteiger partial charge is 0.271 e. The SMILES string of the molecule is C1COCCN1.O=c1cc(N2CCOCC2)c2ccc([N+](=O)[O-])cc2[nH]1. The van der Waals surface area contributed by atoms with Crippen LogP contribution in [0.15, 0.2) is 29.1 Å². The molecule has 2 saturated heterocycles. The van der Waals surface area contributed by atoms with Crippen LogP contribution in [0.4, 0.5) is 11.4 Å². The lowest BCUT2D eigenvalue weighted by molar-refractivity contribution is -0.384. The Kier molecular flexibility index (Phi) is 6.16. The van der Waals surface area contributed by atoms with Crippen LogP contribution in [0, 0.1) is 10.1 Å². The molecule has 0 amide bonds. The molecule has 2 N–H and O–H groups in total. The fraction of sp³-hybridized carbons (Fsp3) is 0.471.